The maximum atomic E-state index is 2.50. The van der Waals surface area contributed by atoms with E-state index in [4.69, 9.17) is 0 Å². The van der Waals surface area contributed by atoms with Gasteiger partial charge in [0.25, 0.3) is 0 Å². The Balaban J connectivity index is 1.75. The predicted molar refractivity (Wildman–Crippen MR) is 85.2 cm³/mol. The lowest BCUT2D eigenvalue weighted by Gasteiger charge is -2.29. The lowest BCUT2D eigenvalue weighted by Crippen LogP contribution is -2.16. The normalized spacial score (nSPS) is 24.6. The molecular formula is C19H32. The number of hydrogen-bond acceptors (Lipinski definition) is 0. The van der Waals surface area contributed by atoms with Crippen LogP contribution >= 0.6 is 0 Å². The predicted octanol–water partition coefficient (Wildman–Crippen LogP) is 6.29. The molecule has 0 N–H and O–H groups in total. The van der Waals surface area contributed by atoms with Crippen molar-refractivity contribution in [1.29, 1.82) is 0 Å². The Morgan fingerprint density at radius 2 is 1.74 bits per heavy atom. The first-order valence-corrected chi connectivity index (χ1v) is 8.53. The van der Waals surface area contributed by atoms with E-state index >= 15 is 0 Å². The van der Waals surface area contributed by atoms with E-state index in [1.165, 1.54) is 57.8 Å². The summed E-state index contributed by atoms with van der Waals surface area (Å²) in [5.41, 5.74) is 3.24. The minimum absolute atomic E-state index is 0.801. The van der Waals surface area contributed by atoms with Gasteiger partial charge in [0.2, 0.25) is 0 Å². The van der Waals surface area contributed by atoms with E-state index < -0.39 is 0 Å². The van der Waals surface area contributed by atoms with Crippen LogP contribution < -0.4 is 0 Å². The highest BCUT2D eigenvalue weighted by Gasteiger charge is 2.21. The Morgan fingerprint density at radius 1 is 1.00 bits per heavy atom. The van der Waals surface area contributed by atoms with Crippen molar-refractivity contribution in [3.63, 3.8) is 0 Å². The SMILES string of the molecule is CC1=CC=C(C(C)CCC(C)C2CCCCC2)CC1. The van der Waals surface area contributed by atoms with Gasteiger partial charge in [-0.15, -0.1) is 0 Å². The van der Waals surface area contributed by atoms with Gasteiger partial charge in [-0.25, -0.2) is 0 Å². The van der Waals surface area contributed by atoms with E-state index in [1.807, 2.05) is 0 Å². The van der Waals surface area contributed by atoms with Crippen LogP contribution in [0.2, 0.25) is 0 Å². The van der Waals surface area contributed by atoms with Gasteiger partial charge in [-0.3, -0.25) is 0 Å². The molecule has 0 aromatic carbocycles. The van der Waals surface area contributed by atoms with Gasteiger partial charge in [-0.05, 0) is 50.4 Å². The van der Waals surface area contributed by atoms with Crippen LogP contribution in [0.1, 0.15) is 78.6 Å². The highest BCUT2D eigenvalue weighted by molar-refractivity contribution is 5.24. The van der Waals surface area contributed by atoms with Gasteiger partial charge < -0.3 is 0 Å². The summed E-state index contributed by atoms with van der Waals surface area (Å²) >= 11 is 0. The fraction of sp³-hybridized carbons (Fsp3) is 0.789. The van der Waals surface area contributed by atoms with Crippen LogP contribution in [0.15, 0.2) is 23.3 Å². The van der Waals surface area contributed by atoms with Crippen LogP contribution in [0.5, 0.6) is 0 Å². The molecule has 1 fully saturated rings. The van der Waals surface area contributed by atoms with E-state index in [2.05, 4.69) is 32.9 Å². The zero-order chi connectivity index (χ0) is 13.7. The van der Waals surface area contributed by atoms with E-state index in [0.717, 1.165) is 17.8 Å². The molecule has 19 heavy (non-hydrogen) atoms. The third-order valence-electron chi connectivity index (χ3n) is 5.53. The first-order chi connectivity index (χ1) is 9.16. The summed E-state index contributed by atoms with van der Waals surface area (Å²) in [7, 11) is 0. The molecule has 1 saturated carbocycles. The van der Waals surface area contributed by atoms with Crippen molar-refractivity contribution in [3.05, 3.63) is 23.3 Å². The Bertz CT molecular complexity index is 328. The van der Waals surface area contributed by atoms with Crippen molar-refractivity contribution in [2.75, 3.05) is 0 Å². The van der Waals surface area contributed by atoms with E-state index in [0.29, 0.717) is 0 Å². The fourth-order valence-electron chi connectivity index (χ4n) is 3.81. The van der Waals surface area contributed by atoms with Crippen molar-refractivity contribution >= 4 is 0 Å². The molecule has 0 aromatic heterocycles. The van der Waals surface area contributed by atoms with Crippen LogP contribution in [0.4, 0.5) is 0 Å². The molecule has 108 valence electrons. The molecule has 0 aliphatic heterocycles. The molecule has 0 amide bonds. The second-order valence-corrected chi connectivity index (χ2v) is 7.11. The van der Waals surface area contributed by atoms with Gasteiger partial charge in [0, 0.05) is 0 Å². The quantitative estimate of drug-likeness (QED) is 0.545. The van der Waals surface area contributed by atoms with E-state index in [9.17, 15) is 0 Å². The number of rotatable bonds is 5. The summed E-state index contributed by atoms with van der Waals surface area (Å²) in [4.78, 5) is 0. The van der Waals surface area contributed by atoms with Gasteiger partial charge in [0.1, 0.15) is 0 Å². The Kier molecular flexibility index (Phi) is 5.73. The van der Waals surface area contributed by atoms with Gasteiger partial charge in [0.05, 0.1) is 0 Å². The first-order valence-electron chi connectivity index (χ1n) is 8.53. The fourth-order valence-corrected chi connectivity index (χ4v) is 3.81. The lowest BCUT2D eigenvalue weighted by molar-refractivity contribution is 0.243. The lowest BCUT2D eigenvalue weighted by atomic mass is 9.77. The summed E-state index contributed by atoms with van der Waals surface area (Å²) in [5.74, 6) is 2.78. The van der Waals surface area contributed by atoms with Gasteiger partial charge in [0.15, 0.2) is 0 Å². The largest absolute Gasteiger partial charge is 0.0730 e. The zero-order valence-electron chi connectivity index (χ0n) is 13.3. The number of allylic oxidation sites excluding steroid dienone is 4. The maximum absolute atomic E-state index is 2.50. The average molecular weight is 260 g/mol. The van der Waals surface area contributed by atoms with Crippen LogP contribution in [0.25, 0.3) is 0 Å². The summed E-state index contributed by atoms with van der Waals surface area (Å²) in [6.45, 7) is 7.19. The molecule has 2 aliphatic carbocycles. The first kappa shape index (κ1) is 14.9. The highest BCUT2D eigenvalue weighted by Crippen LogP contribution is 2.34. The molecule has 0 spiro atoms. The van der Waals surface area contributed by atoms with Crippen LogP contribution in [-0.4, -0.2) is 0 Å². The molecule has 0 saturated heterocycles. The second kappa shape index (κ2) is 7.31. The van der Waals surface area contributed by atoms with Crippen LogP contribution in [0.3, 0.4) is 0 Å². The molecule has 0 nitrogen and oxygen atoms in total. The van der Waals surface area contributed by atoms with Gasteiger partial charge in [-0.1, -0.05) is 69.2 Å². The van der Waals surface area contributed by atoms with Gasteiger partial charge in [-0.2, -0.15) is 0 Å². The smallest absolute Gasteiger partial charge is 0.0228 e. The molecule has 0 heteroatoms. The van der Waals surface area contributed by atoms with Crippen molar-refractivity contribution in [2.24, 2.45) is 17.8 Å². The maximum Gasteiger partial charge on any atom is -0.0228 e. The van der Waals surface area contributed by atoms with Crippen molar-refractivity contribution < 1.29 is 0 Å². The minimum atomic E-state index is 0.801. The summed E-state index contributed by atoms with van der Waals surface area (Å²) in [6.07, 6.45) is 17.6. The van der Waals surface area contributed by atoms with Crippen LogP contribution in [-0.2, 0) is 0 Å². The molecule has 0 heterocycles. The van der Waals surface area contributed by atoms with Crippen molar-refractivity contribution in [2.45, 2.75) is 78.6 Å². The minimum Gasteiger partial charge on any atom is -0.0730 e. The van der Waals surface area contributed by atoms with Gasteiger partial charge >= 0.3 is 0 Å². The zero-order valence-corrected chi connectivity index (χ0v) is 13.3. The van der Waals surface area contributed by atoms with Crippen molar-refractivity contribution in [1.82, 2.24) is 0 Å². The topological polar surface area (TPSA) is 0 Å². The van der Waals surface area contributed by atoms with Crippen LogP contribution in [0, 0.1) is 17.8 Å². The van der Waals surface area contributed by atoms with E-state index in [1.54, 1.807) is 11.1 Å². The Hall–Kier alpha value is -0.520. The number of hydrogen-bond donors (Lipinski definition) is 0. The standard InChI is InChI=1S/C19H32/c1-15-9-13-19(14-10-15)17(3)12-11-16(2)18-7-5-4-6-8-18/h9,13,16-18H,4-8,10-12,14H2,1-3H3. The molecule has 0 aromatic rings. The molecule has 2 unspecified atom stereocenters. The molecule has 2 rings (SSSR count). The molecule has 0 bridgehead atoms. The third kappa shape index (κ3) is 4.51. The monoisotopic (exact) mass is 260 g/mol. The Labute approximate surface area is 120 Å². The molecule has 2 atom stereocenters. The third-order valence-corrected chi connectivity index (χ3v) is 5.53. The summed E-state index contributed by atoms with van der Waals surface area (Å²) in [6, 6.07) is 0. The second-order valence-electron chi connectivity index (χ2n) is 7.11. The average Bonchev–Trinajstić information content (AvgIpc) is 2.46. The Morgan fingerprint density at radius 3 is 2.37 bits per heavy atom. The highest BCUT2D eigenvalue weighted by atomic mass is 14.3. The van der Waals surface area contributed by atoms with E-state index in [-0.39, 0.29) is 0 Å². The molecule has 2 aliphatic rings. The molecule has 0 radical (unpaired) electrons. The summed E-state index contributed by atoms with van der Waals surface area (Å²) in [5, 5.41) is 0. The summed E-state index contributed by atoms with van der Waals surface area (Å²) < 4.78 is 0. The van der Waals surface area contributed by atoms with Crippen molar-refractivity contribution in [3.8, 4) is 0 Å². The molecular weight excluding hydrogens is 228 g/mol.